The Hall–Kier alpha value is -1.74. The zero-order chi connectivity index (χ0) is 16.5. The maximum Gasteiger partial charge on any atom is 0.312 e. The molecule has 9 heteroatoms. The number of primary amides is 1. The number of hydrogen-bond donors (Lipinski definition) is 2. The Balaban J connectivity index is 2.75. The molecule has 0 saturated carbocycles. The summed E-state index contributed by atoms with van der Waals surface area (Å²) in [5.41, 5.74) is 5.10. The number of rotatable bonds is 9. The summed E-state index contributed by atoms with van der Waals surface area (Å²) in [4.78, 5) is 25.0. The Kier molecular flexibility index (Phi) is 7.75. The van der Waals surface area contributed by atoms with Gasteiger partial charge in [-0.1, -0.05) is 6.07 Å². The number of carbonyl (C=O) groups excluding carboxylic acids is 2. The third-order valence-corrected chi connectivity index (χ3v) is 3.84. The van der Waals surface area contributed by atoms with Gasteiger partial charge in [0.15, 0.2) is 0 Å². The van der Waals surface area contributed by atoms with E-state index in [-0.39, 0.29) is 19.6 Å². The summed E-state index contributed by atoms with van der Waals surface area (Å²) in [5, 5.41) is 4.25. The van der Waals surface area contributed by atoms with E-state index in [1.54, 1.807) is 17.5 Å². The van der Waals surface area contributed by atoms with Gasteiger partial charge < -0.3 is 20.7 Å². The molecule has 1 rings (SSSR count). The summed E-state index contributed by atoms with van der Waals surface area (Å²) in [6.45, 7) is -0.450. The number of nitrogens with one attached hydrogen (secondary N) is 1. The highest BCUT2D eigenvalue weighted by molar-refractivity contribution is 7.10. The third kappa shape index (κ3) is 6.35. The summed E-state index contributed by atoms with van der Waals surface area (Å²) in [6.07, 6.45) is -2.77. The molecule has 3 amide bonds. The van der Waals surface area contributed by atoms with Gasteiger partial charge in [0, 0.05) is 18.5 Å². The molecule has 3 N–H and O–H groups in total. The molecule has 0 aliphatic carbocycles. The number of ether oxygens (including phenoxy) is 1. The summed E-state index contributed by atoms with van der Waals surface area (Å²) in [6, 6.07) is 2.10. The van der Waals surface area contributed by atoms with E-state index in [1.165, 1.54) is 18.4 Å². The Morgan fingerprint density at radius 1 is 1.50 bits per heavy atom. The van der Waals surface area contributed by atoms with Crippen LogP contribution in [0.3, 0.4) is 0 Å². The fourth-order valence-corrected chi connectivity index (χ4v) is 2.65. The van der Waals surface area contributed by atoms with Crippen molar-refractivity contribution < 1.29 is 23.1 Å². The molecule has 1 heterocycles. The Labute approximate surface area is 131 Å². The van der Waals surface area contributed by atoms with Crippen LogP contribution in [-0.2, 0) is 9.53 Å². The monoisotopic (exact) mass is 335 g/mol. The van der Waals surface area contributed by atoms with Gasteiger partial charge in [-0.15, -0.1) is 11.3 Å². The van der Waals surface area contributed by atoms with E-state index >= 15 is 0 Å². The summed E-state index contributed by atoms with van der Waals surface area (Å²) >= 11 is 1.34. The lowest BCUT2D eigenvalue weighted by atomic mass is 10.1. The zero-order valence-corrected chi connectivity index (χ0v) is 12.9. The van der Waals surface area contributed by atoms with Gasteiger partial charge in [0.05, 0.1) is 25.6 Å². The molecule has 0 aromatic carbocycles. The van der Waals surface area contributed by atoms with E-state index in [0.29, 0.717) is 0 Å². The lowest BCUT2D eigenvalue weighted by Crippen LogP contribution is -2.41. The summed E-state index contributed by atoms with van der Waals surface area (Å²) < 4.78 is 30.0. The molecule has 1 aromatic heterocycles. The fraction of sp³-hybridized carbons (Fsp3) is 0.538. The first-order valence-electron chi connectivity index (χ1n) is 6.58. The van der Waals surface area contributed by atoms with E-state index in [0.717, 1.165) is 9.78 Å². The average molecular weight is 335 g/mol. The number of halogens is 2. The van der Waals surface area contributed by atoms with Crippen LogP contribution in [0.5, 0.6) is 0 Å². The Bertz CT molecular complexity index is 471. The number of nitrogens with two attached hydrogens (primary N) is 1. The maximum atomic E-state index is 12.6. The molecule has 1 aromatic rings. The van der Waals surface area contributed by atoms with Crippen LogP contribution in [0, 0.1) is 0 Å². The van der Waals surface area contributed by atoms with Gasteiger partial charge in [0.2, 0.25) is 5.91 Å². The van der Waals surface area contributed by atoms with Crippen molar-refractivity contribution >= 4 is 23.3 Å². The van der Waals surface area contributed by atoms with Gasteiger partial charge in [-0.2, -0.15) is 0 Å². The number of carbonyl (C=O) groups is 2. The largest absolute Gasteiger partial charge is 0.383 e. The fourth-order valence-electron chi connectivity index (χ4n) is 1.87. The van der Waals surface area contributed by atoms with Crippen molar-refractivity contribution in [2.75, 3.05) is 26.8 Å². The first kappa shape index (κ1) is 18.3. The SMILES string of the molecule is COCCN(CC(F)F)C(=O)CC(NC(N)=O)c1cccs1. The molecule has 1 unspecified atom stereocenters. The lowest BCUT2D eigenvalue weighted by Gasteiger charge is -2.24. The van der Waals surface area contributed by atoms with Crippen LogP contribution in [0.1, 0.15) is 17.3 Å². The van der Waals surface area contributed by atoms with Crippen molar-refractivity contribution in [1.82, 2.24) is 10.2 Å². The van der Waals surface area contributed by atoms with E-state index < -0.39 is 31.0 Å². The zero-order valence-electron chi connectivity index (χ0n) is 12.1. The number of urea groups is 1. The molecule has 0 radical (unpaired) electrons. The molecule has 1 atom stereocenters. The van der Waals surface area contributed by atoms with E-state index in [2.05, 4.69) is 5.32 Å². The molecular formula is C13H19F2N3O3S. The second-order valence-electron chi connectivity index (χ2n) is 4.50. The van der Waals surface area contributed by atoms with Gasteiger partial charge in [-0.25, -0.2) is 13.6 Å². The predicted octanol–water partition coefficient (Wildman–Crippen LogP) is 1.59. The van der Waals surface area contributed by atoms with E-state index in [1.807, 2.05) is 0 Å². The maximum absolute atomic E-state index is 12.6. The van der Waals surface area contributed by atoms with Crippen LogP contribution in [0.25, 0.3) is 0 Å². The Morgan fingerprint density at radius 2 is 2.23 bits per heavy atom. The van der Waals surface area contributed by atoms with Gasteiger partial charge in [-0.05, 0) is 11.4 Å². The topological polar surface area (TPSA) is 84.7 Å². The molecule has 124 valence electrons. The van der Waals surface area contributed by atoms with Crippen molar-refractivity contribution in [3.63, 3.8) is 0 Å². The molecule has 6 nitrogen and oxygen atoms in total. The van der Waals surface area contributed by atoms with Crippen LogP contribution in [0.4, 0.5) is 13.6 Å². The van der Waals surface area contributed by atoms with Gasteiger partial charge >= 0.3 is 6.03 Å². The average Bonchev–Trinajstić information content (AvgIpc) is 2.95. The van der Waals surface area contributed by atoms with E-state index in [9.17, 15) is 18.4 Å². The minimum atomic E-state index is -2.63. The van der Waals surface area contributed by atoms with Crippen LogP contribution in [-0.4, -0.2) is 50.1 Å². The number of alkyl halides is 2. The minimum absolute atomic E-state index is 0.0629. The number of nitrogens with zero attached hydrogens (tertiary/aromatic N) is 1. The predicted molar refractivity (Wildman–Crippen MR) is 78.9 cm³/mol. The molecular weight excluding hydrogens is 316 g/mol. The standard InChI is InChI=1S/C13H19F2N3O3S/c1-21-5-4-18(8-11(14)15)12(19)7-9(17-13(16)20)10-3-2-6-22-10/h2-3,6,9,11H,4-5,7-8H2,1H3,(H3,16,17,20). The van der Waals surface area contributed by atoms with Crippen molar-refractivity contribution in [3.05, 3.63) is 22.4 Å². The quantitative estimate of drug-likeness (QED) is 0.719. The minimum Gasteiger partial charge on any atom is -0.383 e. The third-order valence-electron chi connectivity index (χ3n) is 2.86. The summed E-state index contributed by atoms with van der Waals surface area (Å²) in [5.74, 6) is -0.496. The van der Waals surface area contributed by atoms with Crippen LogP contribution >= 0.6 is 11.3 Å². The number of methoxy groups -OCH3 is 1. The van der Waals surface area contributed by atoms with Crippen molar-refractivity contribution in [2.24, 2.45) is 5.73 Å². The van der Waals surface area contributed by atoms with Gasteiger partial charge in [0.1, 0.15) is 0 Å². The van der Waals surface area contributed by atoms with Crippen LogP contribution in [0.2, 0.25) is 0 Å². The first-order valence-corrected chi connectivity index (χ1v) is 7.46. The van der Waals surface area contributed by atoms with Gasteiger partial charge in [0.25, 0.3) is 6.43 Å². The van der Waals surface area contributed by atoms with Crippen molar-refractivity contribution in [3.8, 4) is 0 Å². The highest BCUT2D eigenvalue weighted by Crippen LogP contribution is 2.23. The van der Waals surface area contributed by atoms with Crippen molar-refractivity contribution in [1.29, 1.82) is 0 Å². The highest BCUT2D eigenvalue weighted by atomic mass is 32.1. The molecule has 0 aliphatic rings. The number of thiophene rings is 1. The summed E-state index contributed by atoms with van der Waals surface area (Å²) in [7, 11) is 1.42. The number of hydrogen-bond acceptors (Lipinski definition) is 4. The van der Waals surface area contributed by atoms with Crippen LogP contribution < -0.4 is 11.1 Å². The van der Waals surface area contributed by atoms with Gasteiger partial charge in [-0.3, -0.25) is 4.79 Å². The second kappa shape index (κ2) is 9.31. The number of amides is 3. The first-order chi connectivity index (χ1) is 10.4. The second-order valence-corrected chi connectivity index (χ2v) is 5.48. The molecule has 0 bridgehead atoms. The molecule has 0 fully saturated rings. The van der Waals surface area contributed by atoms with Crippen LogP contribution in [0.15, 0.2) is 17.5 Å². The lowest BCUT2D eigenvalue weighted by molar-refractivity contribution is -0.134. The van der Waals surface area contributed by atoms with E-state index in [4.69, 9.17) is 10.5 Å². The smallest absolute Gasteiger partial charge is 0.312 e. The molecule has 0 saturated heterocycles. The van der Waals surface area contributed by atoms with Crippen molar-refractivity contribution in [2.45, 2.75) is 18.9 Å². The highest BCUT2D eigenvalue weighted by Gasteiger charge is 2.24. The Morgan fingerprint density at radius 3 is 2.73 bits per heavy atom. The molecule has 0 aliphatic heterocycles. The normalized spacial score (nSPS) is 12.2. The molecule has 22 heavy (non-hydrogen) atoms. The molecule has 0 spiro atoms.